The zero-order valence-electron chi connectivity index (χ0n) is 15.0. The number of methoxy groups -OCH3 is 1. The summed E-state index contributed by atoms with van der Waals surface area (Å²) in [5.74, 6) is 0.275. The Morgan fingerprint density at radius 1 is 1.23 bits per heavy atom. The number of aromatic nitrogens is 1. The average molecular weight is 358 g/mol. The van der Waals surface area contributed by atoms with Crippen LogP contribution in [0.3, 0.4) is 0 Å². The van der Waals surface area contributed by atoms with Gasteiger partial charge in [0.2, 0.25) is 5.95 Å². The van der Waals surface area contributed by atoms with Gasteiger partial charge in [0.15, 0.2) is 0 Å². The second kappa shape index (κ2) is 8.03. The number of urea groups is 1. The van der Waals surface area contributed by atoms with Gasteiger partial charge in [-0.1, -0.05) is 12.1 Å². The minimum atomic E-state index is -0.491. The fourth-order valence-corrected chi connectivity index (χ4v) is 3.03. The van der Waals surface area contributed by atoms with E-state index in [0.717, 1.165) is 17.0 Å². The number of amides is 2. The maximum Gasteiger partial charge on any atom is 0.317 e. The lowest BCUT2D eigenvalue weighted by atomic mass is 10.1. The average Bonchev–Trinajstić information content (AvgIpc) is 2.68. The maximum atomic E-state index is 13.3. The summed E-state index contributed by atoms with van der Waals surface area (Å²) in [5, 5.41) is 3.02. The Labute approximate surface area is 152 Å². The Hall–Kier alpha value is -2.83. The number of rotatable bonds is 4. The van der Waals surface area contributed by atoms with Crippen LogP contribution >= 0.6 is 0 Å². The van der Waals surface area contributed by atoms with Gasteiger partial charge in [-0.15, -0.1) is 0 Å². The second-order valence-corrected chi connectivity index (χ2v) is 6.26. The first-order chi connectivity index (χ1) is 12.6. The van der Waals surface area contributed by atoms with Crippen LogP contribution in [0, 0.1) is 5.95 Å². The van der Waals surface area contributed by atoms with E-state index in [2.05, 4.69) is 15.2 Å². The third kappa shape index (κ3) is 4.22. The molecule has 2 amide bonds. The Bertz CT molecular complexity index is 763. The van der Waals surface area contributed by atoms with Crippen LogP contribution in [-0.2, 0) is 0 Å². The maximum absolute atomic E-state index is 13.3. The van der Waals surface area contributed by atoms with Crippen LogP contribution in [0.4, 0.5) is 14.9 Å². The van der Waals surface area contributed by atoms with E-state index in [-0.39, 0.29) is 12.1 Å². The third-order valence-electron chi connectivity index (χ3n) is 4.58. The molecule has 1 aromatic carbocycles. The number of hydrogen-bond acceptors (Lipinski definition) is 4. The van der Waals surface area contributed by atoms with Crippen LogP contribution in [-0.4, -0.2) is 49.2 Å². The molecule has 3 rings (SSSR count). The Morgan fingerprint density at radius 3 is 2.69 bits per heavy atom. The summed E-state index contributed by atoms with van der Waals surface area (Å²) in [5.41, 5.74) is 1.78. The summed E-state index contributed by atoms with van der Waals surface area (Å²) >= 11 is 0. The fourth-order valence-electron chi connectivity index (χ4n) is 3.03. The van der Waals surface area contributed by atoms with Crippen molar-refractivity contribution in [1.82, 2.24) is 15.2 Å². The molecule has 0 unspecified atom stereocenters. The molecule has 1 N–H and O–H groups in total. The summed E-state index contributed by atoms with van der Waals surface area (Å²) in [7, 11) is 1.62. The van der Waals surface area contributed by atoms with Crippen LogP contribution in [0.15, 0.2) is 42.6 Å². The Balaban J connectivity index is 1.55. The van der Waals surface area contributed by atoms with Gasteiger partial charge < -0.3 is 19.9 Å². The highest BCUT2D eigenvalue weighted by atomic mass is 19.1. The first-order valence-corrected chi connectivity index (χ1v) is 8.62. The molecule has 0 aliphatic carbocycles. The summed E-state index contributed by atoms with van der Waals surface area (Å²) in [6, 6.07) is 10.6. The normalized spacial score (nSPS) is 15.5. The molecule has 7 heteroatoms. The van der Waals surface area contributed by atoms with Crippen molar-refractivity contribution in [2.45, 2.75) is 13.0 Å². The van der Waals surface area contributed by atoms with Gasteiger partial charge in [0, 0.05) is 44.1 Å². The van der Waals surface area contributed by atoms with Crippen LogP contribution < -0.4 is 15.0 Å². The fraction of sp³-hybridized carbons (Fsp3) is 0.368. The quantitative estimate of drug-likeness (QED) is 0.854. The number of nitrogens with zero attached hydrogens (tertiary/aromatic N) is 3. The highest BCUT2D eigenvalue weighted by Gasteiger charge is 2.23. The zero-order chi connectivity index (χ0) is 18.5. The molecule has 1 atom stereocenters. The van der Waals surface area contributed by atoms with Crippen molar-refractivity contribution < 1.29 is 13.9 Å². The number of carbonyl (C=O) groups is 1. The standard InChI is InChI=1S/C19H23FN4O2/c1-14(15-4-3-5-17(12-15)26-2)22-19(25)24-10-8-23(9-11-24)16-6-7-21-18(20)13-16/h3-7,12-14H,8-11H2,1-2H3,(H,22,25)/t14-/m1/s1. The molecule has 138 valence electrons. The van der Waals surface area contributed by atoms with Crippen molar-refractivity contribution in [3.63, 3.8) is 0 Å². The minimum Gasteiger partial charge on any atom is -0.497 e. The SMILES string of the molecule is COc1cccc([C@@H](C)NC(=O)N2CCN(c3ccnc(F)c3)CC2)c1. The molecule has 1 aliphatic rings. The zero-order valence-corrected chi connectivity index (χ0v) is 15.0. The van der Waals surface area contributed by atoms with Crippen molar-refractivity contribution in [2.24, 2.45) is 0 Å². The van der Waals surface area contributed by atoms with Crippen LogP contribution in [0.25, 0.3) is 0 Å². The topological polar surface area (TPSA) is 57.7 Å². The molecule has 2 aromatic rings. The molecule has 0 saturated carbocycles. The van der Waals surface area contributed by atoms with Crippen molar-refractivity contribution in [1.29, 1.82) is 0 Å². The molecular weight excluding hydrogens is 335 g/mol. The number of anilines is 1. The first-order valence-electron chi connectivity index (χ1n) is 8.62. The second-order valence-electron chi connectivity index (χ2n) is 6.26. The number of piperazine rings is 1. The van der Waals surface area contributed by atoms with Crippen LogP contribution in [0.2, 0.25) is 0 Å². The van der Waals surface area contributed by atoms with E-state index in [1.54, 1.807) is 18.1 Å². The van der Waals surface area contributed by atoms with E-state index in [1.807, 2.05) is 31.2 Å². The lowest BCUT2D eigenvalue weighted by molar-refractivity contribution is 0.191. The van der Waals surface area contributed by atoms with E-state index in [0.29, 0.717) is 26.2 Å². The number of benzene rings is 1. The number of ether oxygens (including phenoxy) is 1. The number of carbonyl (C=O) groups excluding carboxylic acids is 1. The molecule has 0 radical (unpaired) electrons. The minimum absolute atomic E-state index is 0.0964. The molecule has 1 aliphatic heterocycles. The number of halogens is 1. The highest BCUT2D eigenvalue weighted by Crippen LogP contribution is 2.20. The molecule has 1 aromatic heterocycles. The monoisotopic (exact) mass is 358 g/mol. The first kappa shape index (κ1) is 18.0. The summed E-state index contributed by atoms with van der Waals surface area (Å²) in [4.78, 5) is 19.9. The van der Waals surface area contributed by atoms with Gasteiger partial charge in [-0.2, -0.15) is 4.39 Å². The van der Waals surface area contributed by atoms with E-state index in [9.17, 15) is 9.18 Å². The molecule has 0 bridgehead atoms. The van der Waals surface area contributed by atoms with Gasteiger partial charge in [-0.3, -0.25) is 0 Å². The number of nitrogens with one attached hydrogen (secondary N) is 1. The number of hydrogen-bond donors (Lipinski definition) is 1. The summed E-state index contributed by atoms with van der Waals surface area (Å²) in [6.07, 6.45) is 1.46. The van der Waals surface area contributed by atoms with Gasteiger partial charge in [-0.05, 0) is 30.7 Å². The van der Waals surface area contributed by atoms with Crippen molar-refractivity contribution in [3.05, 3.63) is 54.1 Å². The van der Waals surface area contributed by atoms with Gasteiger partial charge in [0.05, 0.1) is 13.2 Å². The van der Waals surface area contributed by atoms with Crippen molar-refractivity contribution >= 4 is 11.7 Å². The molecular formula is C19H23FN4O2. The van der Waals surface area contributed by atoms with E-state index in [4.69, 9.17) is 4.74 Å². The third-order valence-corrected chi connectivity index (χ3v) is 4.58. The lowest BCUT2D eigenvalue weighted by Crippen LogP contribution is -2.52. The molecule has 6 nitrogen and oxygen atoms in total. The molecule has 2 heterocycles. The lowest BCUT2D eigenvalue weighted by Gasteiger charge is -2.36. The van der Waals surface area contributed by atoms with E-state index >= 15 is 0 Å². The van der Waals surface area contributed by atoms with Crippen LogP contribution in [0.5, 0.6) is 5.75 Å². The molecule has 1 fully saturated rings. The Morgan fingerprint density at radius 2 is 2.00 bits per heavy atom. The smallest absolute Gasteiger partial charge is 0.317 e. The Kier molecular flexibility index (Phi) is 5.55. The van der Waals surface area contributed by atoms with Gasteiger partial charge in [0.1, 0.15) is 5.75 Å². The molecule has 26 heavy (non-hydrogen) atoms. The predicted molar refractivity (Wildman–Crippen MR) is 97.9 cm³/mol. The van der Waals surface area contributed by atoms with E-state index < -0.39 is 5.95 Å². The van der Waals surface area contributed by atoms with Gasteiger partial charge >= 0.3 is 6.03 Å². The van der Waals surface area contributed by atoms with E-state index in [1.165, 1.54) is 12.3 Å². The number of pyridine rings is 1. The molecule has 0 spiro atoms. The van der Waals surface area contributed by atoms with Gasteiger partial charge in [-0.25, -0.2) is 9.78 Å². The summed E-state index contributed by atoms with van der Waals surface area (Å²) < 4.78 is 18.5. The molecule has 1 saturated heterocycles. The van der Waals surface area contributed by atoms with Crippen LogP contribution in [0.1, 0.15) is 18.5 Å². The largest absolute Gasteiger partial charge is 0.497 e. The summed E-state index contributed by atoms with van der Waals surface area (Å²) in [6.45, 7) is 4.43. The van der Waals surface area contributed by atoms with Crippen molar-refractivity contribution in [3.8, 4) is 5.75 Å². The van der Waals surface area contributed by atoms with Crippen molar-refractivity contribution in [2.75, 3.05) is 38.2 Å². The van der Waals surface area contributed by atoms with Gasteiger partial charge in [0.25, 0.3) is 0 Å². The highest BCUT2D eigenvalue weighted by molar-refractivity contribution is 5.75. The predicted octanol–water partition coefficient (Wildman–Crippen LogP) is 2.82.